The van der Waals surface area contributed by atoms with Crippen molar-refractivity contribution in [3.05, 3.63) is 0 Å². The van der Waals surface area contributed by atoms with Crippen molar-refractivity contribution in [2.45, 2.75) is 80.8 Å². The highest BCUT2D eigenvalue weighted by molar-refractivity contribution is 5.10. The van der Waals surface area contributed by atoms with Crippen LogP contribution in [0.2, 0.25) is 0 Å². The molecule has 9 unspecified atom stereocenters. The summed E-state index contributed by atoms with van der Waals surface area (Å²) < 4.78 is 10.7. The second-order valence-electron chi connectivity index (χ2n) is 7.64. The fourth-order valence-corrected chi connectivity index (χ4v) is 4.02. The van der Waals surface area contributed by atoms with Crippen LogP contribution in [0.1, 0.15) is 26.7 Å². The van der Waals surface area contributed by atoms with Gasteiger partial charge >= 0.3 is 0 Å². The zero-order chi connectivity index (χ0) is 19.9. The summed E-state index contributed by atoms with van der Waals surface area (Å²) in [6.45, 7) is 1.51. The first-order valence-corrected chi connectivity index (χ1v) is 8.67. The molecule has 1 aliphatic heterocycles. The highest BCUT2D eigenvalue weighted by atomic mass is 16.6. The molecule has 2 rings (SSSR count). The maximum Gasteiger partial charge on any atom is 0.184 e. The summed E-state index contributed by atoms with van der Waals surface area (Å²) in [7, 11) is 0. The van der Waals surface area contributed by atoms with Crippen molar-refractivity contribution in [1.82, 2.24) is 0 Å². The van der Waals surface area contributed by atoms with Gasteiger partial charge in [0.05, 0.1) is 37.1 Å². The summed E-state index contributed by atoms with van der Waals surface area (Å²) in [6, 6.07) is 0. The number of hydrogen-bond acceptors (Lipinski definition) is 10. The van der Waals surface area contributed by atoms with Gasteiger partial charge in [0, 0.05) is 12.3 Å². The monoisotopic (exact) mass is 382 g/mol. The summed E-state index contributed by atoms with van der Waals surface area (Å²) in [5, 5.41) is 81.0. The molecule has 10 nitrogen and oxygen atoms in total. The van der Waals surface area contributed by atoms with E-state index in [2.05, 4.69) is 0 Å². The normalized spacial score (nSPS) is 49.2. The first-order valence-electron chi connectivity index (χ1n) is 8.67. The Kier molecular flexibility index (Phi) is 6.67. The number of ether oxygens (including phenoxy) is 2. The molecule has 26 heavy (non-hydrogen) atoms. The zero-order valence-electron chi connectivity index (χ0n) is 14.8. The van der Waals surface area contributed by atoms with Gasteiger partial charge in [0.25, 0.3) is 0 Å². The SMILES string of the molecule is CC(O)C(CO)OC1CC2C(CO)OC(O)C(O)[C@]2(O)CC(C)(O)C1O. The predicted molar refractivity (Wildman–Crippen MR) is 85.7 cm³/mol. The van der Waals surface area contributed by atoms with Crippen molar-refractivity contribution in [2.24, 2.45) is 5.92 Å². The zero-order valence-corrected chi connectivity index (χ0v) is 14.8. The molecule has 0 spiro atoms. The highest BCUT2D eigenvalue weighted by Gasteiger charge is 2.61. The minimum Gasteiger partial charge on any atom is -0.394 e. The molecule has 0 aromatic carbocycles. The molecule has 1 saturated heterocycles. The molecular weight excluding hydrogens is 352 g/mol. The van der Waals surface area contributed by atoms with E-state index in [9.17, 15) is 40.9 Å². The molecule has 10 heteroatoms. The number of fused-ring (bicyclic) bond motifs is 1. The number of aliphatic hydroxyl groups is 8. The van der Waals surface area contributed by atoms with Gasteiger partial charge in [0.15, 0.2) is 6.29 Å². The lowest BCUT2D eigenvalue weighted by Gasteiger charge is -2.49. The Morgan fingerprint density at radius 2 is 1.77 bits per heavy atom. The van der Waals surface area contributed by atoms with Crippen molar-refractivity contribution in [3.63, 3.8) is 0 Å². The second-order valence-corrected chi connectivity index (χ2v) is 7.64. The molecule has 2 fully saturated rings. The lowest BCUT2D eigenvalue weighted by atomic mass is 9.71. The van der Waals surface area contributed by atoms with Gasteiger partial charge in [-0.15, -0.1) is 0 Å². The topological polar surface area (TPSA) is 180 Å². The predicted octanol–water partition coefficient (Wildman–Crippen LogP) is -3.56. The first-order chi connectivity index (χ1) is 12.0. The minimum absolute atomic E-state index is 0.161. The Morgan fingerprint density at radius 1 is 1.15 bits per heavy atom. The Balaban J connectivity index is 2.40. The van der Waals surface area contributed by atoms with Gasteiger partial charge in [-0.05, 0) is 20.3 Å². The quantitative estimate of drug-likeness (QED) is 0.237. The molecule has 1 aliphatic carbocycles. The van der Waals surface area contributed by atoms with E-state index in [1.54, 1.807) is 0 Å². The largest absolute Gasteiger partial charge is 0.394 e. The van der Waals surface area contributed by atoms with E-state index in [1.807, 2.05) is 0 Å². The molecule has 0 aromatic rings. The molecule has 1 heterocycles. The van der Waals surface area contributed by atoms with Crippen LogP contribution in [0.5, 0.6) is 0 Å². The van der Waals surface area contributed by atoms with Crippen LogP contribution in [-0.4, -0.2) is 108 Å². The van der Waals surface area contributed by atoms with Gasteiger partial charge in [-0.3, -0.25) is 0 Å². The molecular formula is C16H30O10. The van der Waals surface area contributed by atoms with Gasteiger partial charge in [0.2, 0.25) is 0 Å². The van der Waals surface area contributed by atoms with Crippen molar-refractivity contribution in [1.29, 1.82) is 0 Å². The van der Waals surface area contributed by atoms with Crippen molar-refractivity contribution >= 4 is 0 Å². The van der Waals surface area contributed by atoms with E-state index in [0.29, 0.717) is 0 Å². The first kappa shape index (κ1) is 21.9. The lowest BCUT2D eigenvalue weighted by molar-refractivity contribution is -0.315. The fourth-order valence-electron chi connectivity index (χ4n) is 4.02. The molecule has 0 bridgehead atoms. The molecule has 2 aliphatic rings. The smallest absolute Gasteiger partial charge is 0.184 e. The standard InChI is InChI=1S/C16H30O10/c1-7(19)10(4-17)25-9-3-8-11(5-18)26-14(22)13(21)16(8,24)6-15(2,23)12(9)20/h7-14,17-24H,3-6H2,1-2H3/t7?,8?,9?,10?,11?,12?,13?,14?,15?,16-/m0/s1. The fraction of sp³-hybridized carbons (Fsp3) is 1.00. The number of hydrogen-bond donors (Lipinski definition) is 8. The molecule has 0 aromatic heterocycles. The van der Waals surface area contributed by atoms with Gasteiger partial charge in [-0.25, -0.2) is 0 Å². The highest BCUT2D eigenvalue weighted by Crippen LogP contribution is 2.46. The van der Waals surface area contributed by atoms with E-state index >= 15 is 0 Å². The van der Waals surface area contributed by atoms with Crippen LogP contribution >= 0.6 is 0 Å². The molecule has 1 saturated carbocycles. The second kappa shape index (κ2) is 7.92. The van der Waals surface area contributed by atoms with Crippen LogP contribution in [0.15, 0.2) is 0 Å². The van der Waals surface area contributed by atoms with Crippen LogP contribution in [0.25, 0.3) is 0 Å². The summed E-state index contributed by atoms with van der Waals surface area (Å²) >= 11 is 0. The maximum atomic E-state index is 11.1. The number of rotatable bonds is 5. The molecule has 10 atom stereocenters. The summed E-state index contributed by atoms with van der Waals surface area (Å²) in [6.07, 6.45) is -10.1. The van der Waals surface area contributed by atoms with Gasteiger partial charge in [-0.1, -0.05) is 0 Å². The van der Waals surface area contributed by atoms with E-state index < -0.39 is 79.7 Å². The maximum absolute atomic E-state index is 11.1. The van der Waals surface area contributed by atoms with Crippen molar-refractivity contribution in [3.8, 4) is 0 Å². The third kappa shape index (κ3) is 3.90. The average Bonchev–Trinajstić information content (AvgIpc) is 2.63. The Labute approximate surface area is 151 Å². The third-order valence-corrected chi connectivity index (χ3v) is 5.55. The van der Waals surface area contributed by atoms with Gasteiger partial charge < -0.3 is 50.3 Å². The molecule has 154 valence electrons. The minimum atomic E-state index is -2.06. The van der Waals surface area contributed by atoms with Crippen molar-refractivity contribution < 1.29 is 50.3 Å². The lowest BCUT2D eigenvalue weighted by Crippen LogP contribution is -2.65. The Morgan fingerprint density at radius 3 is 2.27 bits per heavy atom. The molecule has 8 N–H and O–H groups in total. The average molecular weight is 382 g/mol. The van der Waals surface area contributed by atoms with Crippen LogP contribution in [0, 0.1) is 5.92 Å². The summed E-state index contributed by atoms with van der Waals surface area (Å²) in [4.78, 5) is 0. The number of aliphatic hydroxyl groups excluding tert-OH is 6. The van der Waals surface area contributed by atoms with E-state index in [4.69, 9.17) is 9.47 Å². The van der Waals surface area contributed by atoms with Crippen LogP contribution in [0.3, 0.4) is 0 Å². The van der Waals surface area contributed by atoms with Crippen molar-refractivity contribution in [2.75, 3.05) is 13.2 Å². The third-order valence-electron chi connectivity index (χ3n) is 5.55. The van der Waals surface area contributed by atoms with Gasteiger partial charge in [0.1, 0.15) is 23.9 Å². The summed E-state index contributed by atoms with van der Waals surface area (Å²) in [5.41, 5.74) is -3.99. The van der Waals surface area contributed by atoms with Gasteiger partial charge in [-0.2, -0.15) is 0 Å². The van der Waals surface area contributed by atoms with E-state index in [-0.39, 0.29) is 6.42 Å². The van der Waals surface area contributed by atoms with Crippen LogP contribution in [-0.2, 0) is 9.47 Å². The van der Waals surface area contributed by atoms with E-state index in [0.717, 1.165) is 0 Å². The summed E-state index contributed by atoms with van der Waals surface area (Å²) in [5.74, 6) is -0.993. The van der Waals surface area contributed by atoms with Crippen LogP contribution in [0.4, 0.5) is 0 Å². The molecule has 0 amide bonds. The Hall–Kier alpha value is -0.400. The Bertz CT molecular complexity index is 472. The van der Waals surface area contributed by atoms with E-state index in [1.165, 1.54) is 13.8 Å². The molecule has 0 radical (unpaired) electrons. The van der Waals surface area contributed by atoms with Crippen LogP contribution < -0.4 is 0 Å².